The van der Waals surface area contributed by atoms with E-state index in [1.54, 1.807) is 11.5 Å². The van der Waals surface area contributed by atoms with Crippen molar-refractivity contribution >= 4 is 27.6 Å². The normalized spacial score (nSPS) is 20.7. The van der Waals surface area contributed by atoms with Gasteiger partial charge in [0.1, 0.15) is 5.25 Å². The van der Waals surface area contributed by atoms with Crippen LogP contribution in [0.25, 0.3) is 0 Å². The lowest BCUT2D eigenvalue weighted by atomic mass is 10.4. The molecule has 0 saturated heterocycles. The molecule has 4 heteroatoms. The molecule has 1 aliphatic rings. The van der Waals surface area contributed by atoms with Gasteiger partial charge in [-0.25, -0.2) is 0 Å². The van der Waals surface area contributed by atoms with Gasteiger partial charge in [0.2, 0.25) is 0 Å². The maximum Gasteiger partial charge on any atom is 0.321 e. The van der Waals surface area contributed by atoms with Gasteiger partial charge in [-0.3, -0.25) is 4.79 Å². The number of carboxylic acids is 1. The molecule has 1 atom stereocenters. The van der Waals surface area contributed by atoms with Crippen LogP contribution < -0.4 is 0 Å². The molecule has 0 aromatic rings. The minimum absolute atomic E-state index is 0.319. The standard InChI is InChI=1S/C4H4O2S2.C3H8/c5-4(6)3-1-2-7-8-3;1-3-2/h1-3H,(H,5,6);3H2,1-2H3. The van der Waals surface area contributed by atoms with Crippen LogP contribution in [0, 0.1) is 0 Å². The highest BCUT2D eigenvalue weighted by molar-refractivity contribution is 8.78. The molecule has 0 amide bonds. The summed E-state index contributed by atoms with van der Waals surface area (Å²) in [6, 6.07) is 0. The second kappa shape index (κ2) is 6.61. The van der Waals surface area contributed by atoms with Gasteiger partial charge in [0, 0.05) is 0 Å². The van der Waals surface area contributed by atoms with Crippen LogP contribution >= 0.6 is 21.6 Å². The van der Waals surface area contributed by atoms with Crippen molar-refractivity contribution in [2.24, 2.45) is 0 Å². The largest absolute Gasteiger partial charge is 0.480 e. The maximum absolute atomic E-state index is 10.1. The molecule has 0 fully saturated rings. The van der Waals surface area contributed by atoms with Crippen LogP contribution in [0.2, 0.25) is 0 Å². The molecule has 11 heavy (non-hydrogen) atoms. The summed E-state index contributed by atoms with van der Waals surface area (Å²) in [5.41, 5.74) is 0. The second-order valence-electron chi connectivity index (χ2n) is 1.99. The molecular weight excluding hydrogens is 180 g/mol. The van der Waals surface area contributed by atoms with Gasteiger partial charge in [0.25, 0.3) is 0 Å². The Morgan fingerprint density at radius 2 is 2.18 bits per heavy atom. The van der Waals surface area contributed by atoms with Gasteiger partial charge in [-0.05, 0) is 5.41 Å². The highest BCUT2D eigenvalue weighted by Crippen LogP contribution is 2.35. The summed E-state index contributed by atoms with van der Waals surface area (Å²) >= 11 is 0. The number of carbonyl (C=O) groups is 1. The lowest BCUT2D eigenvalue weighted by molar-refractivity contribution is -0.135. The van der Waals surface area contributed by atoms with E-state index in [1.165, 1.54) is 28.0 Å². The number of hydrogen-bond acceptors (Lipinski definition) is 3. The van der Waals surface area contributed by atoms with Crippen LogP contribution in [-0.2, 0) is 4.79 Å². The summed E-state index contributed by atoms with van der Waals surface area (Å²) in [6.07, 6.45) is 2.93. The van der Waals surface area contributed by atoms with E-state index in [2.05, 4.69) is 13.8 Å². The molecule has 1 aliphatic heterocycles. The van der Waals surface area contributed by atoms with E-state index in [0.29, 0.717) is 0 Å². The van der Waals surface area contributed by atoms with Gasteiger partial charge < -0.3 is 5.11 Å². The summed E-state index contributed by atoms with van der Waals surface area (Å²) in [7, 11) is 2.82. The Balaban J connectivity index is 0.000000292. The molecular formula is C7H12O2S2. The van der Waals surface area contributed by atoms with Crippen LogP contribution in [0.4, 0.5) is 0 Å². The fourth-order valence-electron chi connectivity index (χ4n) is 0.351. The van der Waals surface area contributed by atoms with Gasteiger partial charge in [0.05, 0.1) is 0 Å². The highest BCUT2D eigenvalue weighted by atomic mass is 33.1. The lowest BCUT2D eigenvalue weighted by Crippen LogP contribution is -2.09. The van der Waals surface area contributed by atoms with Crippen molar-refractivity contribution in [2.75, 3.05) is 0 Å². The van der Waals surface area contributed by atoms with Crippen LogP contribution in [0.15, 0.2) is 11.5 Å². The predicted octanol–water partition coefficient (Wildman–Crippen LogP) is 2.76. The molecule has 1 heterocycles. The number of carboxylic acid groups (broad SMARTS) is 1. The first-order chi connectivity index (χ1) is 5.22. The van der Waals surface area contributed by atoms with Gasteiger partial charge in [-0.2, -0.15) is 0 Å². The third-order valence-electron chi connectivity index (χ3n) is 0.712. The Kier molecular flexibility index (Phi) is 6.56. The third-order valence-corrected chi connectivity index (χ3v) is 2.95. The molecule has 1 unspecified atom stereocenters. The Bertz CT molecular complexity index is 145. The van der Waals surface area contributed by atoms with E-state index < -0.39 is 5.97 Å². The molecule has 1 N–H and O–H groups in total. The van der Waals surface area contributed by atoms with E-state index in [1.807, 2.05) is 0 Å². The van der Waals surface area contributed by atoms with Crippen molar-refractivity contribution in [3.05, 3.63) is 11.5 Å². The van der Waals surface area contributed by atoms with E-state index in [4.69, 9.17) is 5.11 Å². The van der Waals surface area contributed by atoms with Crippen LogP contribution in [-0.4, -0.2) is 16.3 Å². The Labute approximate surface area is 74.8 Å². The smallest absolute Gasteiger partial charge is 0.321 e. The monoisotopic (exact) mass is 192 g/mol. The number of rotatable bonds is 1. The molecule has 64 valence electrons. The molecule has 0 saturated carbocycles. The number of hydrogen-bond donors (Lipinski definition) is 1. The maximum atomic E-state index is 10.1. The average Bonchev–Trinajstić information content (AvgIpc) is 2.38. The summed E-state index contributed by atoms with van der Waals surface area (Å²) in [4.78, 5) is 10.1. The van der Waals surface area contributed by atoms with Crippen molar-refractivity contribution in [3.8, 4) is 0 Å². The molecule has 0 aliphatic carbocycles. The Morgan fingerprint density at radius 1 is 1.64 bits per heavy atom. The van der Waals surface area contributed by atoms with Crippen molar-refractivity contribution in [3.63, 3.8) is 0 Å². The fourth-order valence-corrected chi connectivity index (χ4v) is 2.26. The zero-order valence-corrected chi connectivity index (χ0v) is 8.24. The quantitative estimate of drug-likeness (QED) is 0.648. The van der Waals surface area contributed by atoms with E-state index in [-0.39, 0.29) is 5.25 Å². The zero-order valence-electron chi connectivity index (χ0n) is 6.61. The lowest BCUT2D eigenvalue weighted by Gasteiger charge is -1.94. The summed E-state index contributed by atoms with van der Waals surface area (Å²) in [5, 5.41) is 9.80. The highest BCUT2D eigenvalue weighted by Gasteiger charge is 2.17. The molecule has 1 rings (SSSR count). The molecule has 0 bridgehead atoms. The first kappa shape index (κ1) is 10.9. The molecule has 0 radical (unpaired) electrons. The topological polar surface area (TPSA) is 37.3 Å². The average molecular weight is 192 g/mol. The first-order valence-corrected chi connectivity index (χ1v) is 5.71. The van der Waals surface area contributed by atoms with Gasteiger partial charge in [-0.1, -0.05) is 47.9 Å². The van der Waals surface area contributed by atoms with Crippen molar-refractivity contribution in [2.45, 2.75) is 25.5 Å². The fraction of sp³-hybridized carbons (Fsp3) is 0.571. The van der Waals surface area contributed by atoms with Gasteiger partial charge in [0.15, 0.2) is 0 Å². The van der Waals surface area contributed by atoms with E-state index in [9.17, 15) is 4.79 Å². The van der Waals surface area contributed by atoms with Crippen molar-refractivity contribution in [1.82, 2.24) is 0 Å². The SMILES string of the molecule is CCC.O=C(O)C1C=CSS1. The molecule has 2 nitrogen and oxygen atoms in total. The predicted molar refractivity (Wildman–Crippen MR) is 51.7 cm³/mol. The minimum atomic E-state index is -0.753. The van der Waals surface area contributed by atoms with Gasteiger partial charge in [-0.15, -0.1) is 0 Å². The summed E-state index contributed by atoms with van der Waals surface area (Å²) < 4.78 is 0. The van der Waals surface area contributed by atoms with Crippen molar-refractivity contribution < 1.29 is 9.90 Å². The first-order valence-electron chi connectivity index (χ1n) is 3.44. The van der Waals surface area contributed by atoms with Crippen molar-refractivity contribution in [1.29, 1.82) is 0 Å². The molecule has 0 aromatic heterocycles. The molecule has 0 aromatic carbocycles. The van der Waals surface area contributed by atoms with Crippen LogP contribution in [0.5, 0.6) is 0 Å². The second-order valence-corrected chi connectivity index (χ2v) is 4.31. The van der Waals surface area contributed by atoms with Gasteiger partial charge >= 0.3 is 5.97 Å². The van der Waals surface area contributed by atoms with E-state index >= 15 is 0 Å². The third kappa shape index (κ3) is 5.21. The van der Waals surface area contributed by atoms with Crippen LogP contribution in [0.1, 0.15) is 20.3 Å². The van der Waals surface area contributed by atoms with E-state index in [0.717, 1.165) is 0 Å². The number of aliphatic carboxylic acids is 1. The summed E-state index contributed by atoms with van der Waals surface area (Å²) in [6.45, 7) is 4.25. The zero-order chi connectivity index (χ0) is 8.69. The minimum Gasteiger partial charge on any atom is -0.480 e. The van der Waals surface area contributed by atoms with Crippen LogP contribution in [0.3, 0.4) is 0 Å². The Hall–Kier alpha value is -0.0900. The molecule has 0 spiro atoms. The summed E-state index contributed by atoms with van der Waals surface area (Å²) in [5.74, 6) is -0.753. The Morgan fingerprint density at radius 3 is 2.36 bits per heavy atom.